The molecule has 0 aromatic heterocycles. The van der Waals surface area contributed by atoms with Crippen LogP contribution in [0.25, 0.3) is 6.08 Å². The van der Waals surface area contributed by atoms with Crippen LogP contribution in [-0.4, -0.2) is 25.0 Å². The molecule has 9 heteroatoms. The summed E-state index contributed by atoms with van der Waals surface area (Å²) in [5.41, 5.74) is -0.991. The molecule has 0 fully saturated rings. The van der Waals surface area contributed by atoms with Gasteiger partial charge in [0.25, 0.3) is 15.7 Å². The number of rotatable bonds is 4. The summed E-state index contributed by atoms with van der Waals surface area (Å²) in [7, 11) is -4.12. The van der Waals surface area contributed by atoms with E-state index < -0.39 is 26.6 Å². The largest absolute Gasteiger partial charge is 0.443 e. The van der Waals surface area contributed by atoms with Gasteiger partial charge in [-0.15, -0.1) is 0 Å². The molecule has 1 amide bonds. The summed E-state index contributed by atoms with van der Waals surface area (Å²) in [5, 5.41) is 11.5. The van der Waals surface area contributed by atoms with E-state index in [1.54, 1.807) is 25.5 Å². The molecular formula is C13H16N2O6S. The molecule has 1 N–H and O–H groups in total. The highest BCUT2D eigenvalue weighted by molar-refractivity contribution is 7.93. The van der Waals surface area contributed by atoms with E-state index in [4.69, 9.17) is 4.74 Å². The third-order valence-corrected chi connectivity index (χ3v) is 3.13. The topological polar surface area (TPSA) is 116 Å². The van der Waals surface area contributed by atoms with Gasteiger partial charge in [0.15, 0.2) is 0 Å². The van der Waals surface area contributed by atoms with Gasteiger partial charge in [-0.3, -0.25) is 10.1 Å². The molecule has 1 rings (SSSR count). The molecule has 1 aromatic rings. The fourth-order valence-corrected chi connectivity index (χ4v) is 2.07. The number of sulfonamides is 1. The normalized spacial score (nSPS) is 12.1. The zero-order valence-corrected chi connectivity index (χ0v) is 13.1. The van der Waals surface area contributed by atoms with Crippen molar-refractivity contribution in [3.63, 3.8) is 0 Å². The first kappa shape index (κ1) is 17.6. The van der Waals surface area contributed by atoms with Crippen LogP contribution in [0.15, 0.2) is 29.7 Å². The Morgan fingerprint density at radius 2 is 1.91 bits per heavy atom. The minimum atomic E-state index is -4.12. The Morgan fingerprint density at radius 1 is 1.32 bits per heavy atom. The zero-order chi connectivity index (χ0) is 17.0. The Kier molecular flexibility index (Phi) is 5.26. The predicted molar refractivity (Wildman–Crippen MR) is 80.4 cm³/mol. The van der Waals surface area contributed by atoms with Gasteiger partial charge in [0.2, 0.25) is 0 Å². The summed E-state index contributed by atoms with van der Waals surface area (Å²) >= 11 is 0. The van der Waals surface area contributed by atoms with E-state index in [0.717, 1.165) is 6.08 Å². The molecule has 0 unspecified atom stereocenters. The molecule has 0 saturated heterocycles. The lowest BCUT2D eigenvalue weighted by atomic mass is 10.2. The van der Waals surface area contributed by atoms with Crippen molar-refractivity contribution in [2.75, 3.05) is 0 Å². The van der Waals surface area contributed by atoms with Crippen LogP contribution in [-0.2, 0) is 14.8 Å². The van der Waals surface area contributed by atoms with E-state index in [1.807, 2.05) is 0 Å². The molecule has 0 atom stereocenters. The van der Waals surface area contributed by atoms with Gasteiger partial charge in [0.05, 0.1) is 15.9 Å². The number of nitrogens with one attached hydrogen (secondary N) is 1. The van der Waals surface area contributed by atoms with Gasteiger partial charge in [0.1, 0.15) is 5.60 Å². The molecule has 0 aliphatic carbocycles. The minimum absolute atomic E-state index is 0.0991. The number of nitro groups is 1. The number of hydrogen-bond acceptors (Lipinski definition) is 6. The van der Waals surface area contributed by atoms with Crippen molar-refractivity contribution in [2.45, 2.75) is 26.4 Å². The molecular weight excluding hydrogens is 312 g/mol. The molecule has 0 saturated carbocycles. The summed E-state index contributed by atoms with van der Waals surface area (Å²) in [6.45, 7) is 4.76. The highest BCUT2D eigenvalue weighted by Crippen LogP contribution is 2.19. The Bertz CT molecular complexity index is 703. The maximum atomic E-state index is 11.7. The van der Waals surface area contributed by atoms with E-state index in [1.165, 1.54) is 24.3 Å². The second kappa shape index (κ2) is 6.56. The summed E-state index contributed by atoms with van der Waals surface area (Å²) in [5.74, 6) is 0. The number of carbonyl (C=O) groups excluding carboxylic acids is 1. The van der Waals surface area contributed by atoms with Crippen LogP contribution in [0.3, 0.4) is 0 Å². The van der Waals surface area contributed by atoms with Crippen LogP contribution in [0.2, 0.25) is 0 Å². The SMILES string of the molecule is CC(C)(C)OC(=O)NS(=O)(=O)/C=C/c1ccccc1[N+](=O)[O-]. The van der Waals surface area contributed by atoms with E-state index in [0.29, 0.717) is 5.41 Å². The molecule has 0 radical (unpaired) electrons. The van der Waals surface area contributed by atoms with Gasteiger partial charge in [0, 0.05) is 6.07 Å². The van der Waals surface area contributed by atoms with Crippen molar-refractivity contribution in [3.05, 3.63) is 45.4 Å². The fourth-order valence-electron chi connectivity index (χ4n) is 1.41. The molecule has 0 heterocycles. The third kappa shape index (κ3) is 5.92. The number of nitrogens with zero attached hydrogens (tertiary/aromatic N) is 1. The quantitative estimate of drug-likeness (QED) is 0.670. The summed E-state index contributed by atoms with van der Waals surface area (Å²) < 4.78 is 29.9. The lowest BCUT2D eigenvalue weighted by Gasteiger charge is -2.19. The van der Waals surface area contributed by atoms with E-state index in [-0.39, 0.29) is 11.3 Å². The maximum absolute atomic E-state index is 11.7. The summed E-state index contributed by atoms with van der Waals surface area (Å²) in [6, 6.07) is 5.62. The number of nitro benzene ring substituents is 1. The lowest BCUT2D eigenvalue weighted by molar-refractivity contribution is -0.385. The fraction of sp³-hybridized carbons (Fsp3) is 0.308. The average molecular weight is 328 g/mol. The molecule has 0 spiro atoms. The Morgan fingerprint density at radius 3 is 2.45 bits per heavy atom. The van der Waals surface area contributed by atoms with Crippen molar-refractivity contribution in [2.24, 2.45) is 0 Å². The second-order valence-corrected chi connectivity index (χ2v) is 6.83. The van der Waals surface area contributed by atoms with Crippen LogP contribution >= 0.6 is 0 Å². The number of benzene rings is 1. The maximum Gasteiger partial charge on any atom is 0.421 e. The molecule has 1 aromatic carbocycles. The zero-order valence-electron chi connectivity index (χ0n) is 12.3. The molecule has 8 nitrogen and oxygen atoms in total. The average Bonchev–Trinajstić information content (AvgIpc) is 2.33. The van der Waals surface area contributed by atoms with Crippen molar-refractivity contribution in [1.82, 2.24) is 4.72 Å². The van der Waals surface area contributed by atoms with Gasteiger partial charge in [-0.25, -0.2) is 17.9 Å². The molecule has 0 aliphatic rings. The first-order chi connectivity index (χ1) is 10.0. The van der Waals surface area contributed by atoms with Crippen molar-refractivity contribution in [1.29, 1.82) is 0 Å². The highest BCUT2D eigenvalue weighted by Gasteiger charge is 2.20. The second-order valence-electron chi connectivity index (χ2n) is 5.27. The number of para-hydroxylation sites is 1. The predicted octanol–water partition coefficient (Wildman–Crippen LogP) is 2.42. The number of amides is 1. The standard InChI is InChI=1S/C13H16N2O6S/c1-13(2,3)21-12(16)14-22(19,20)9-8-10-6-4-5-7-11(10)15(17)18/h4-9H,1-3H3,(H,14,16)/b9-8+. The minimum Gasteiger partial charge on any atom is -0.443 e. The van der Waals surface area contributed by atoms with Crippen LogP contribution in [0.5, 0.6) is 0 Å². The Hall–Kier alpha value is -2.42. The first-order valence-electron chi connectivity index (χ1n) is 6.17. The van der Waals surface area contributed by atoms with Crippen molar-refractivity contribution in [3.8, 4) is 0 Å². The summed E-state index contributed by atoms with van der Waals surface area (Å²) in [6.07, 6.45) is -0.0927. The Balaban J connectivity index is 2.89. The van der Waals surface area contributed by atoms with Gasteiger partial charge in [-0.05, 0) is 32.9 Å². The summed E-state index contributed by atoms with van der Waals surface area (Å²) in [4.78, 5) is 21.6. The molecule has 0 aliphatic heterocycles. The monoisotopic (exact) mass is 328 g/mol. The van der Waals surface area contributed by atoms with Crippen LogP contribution < -0.4 is 4.72 Å². The van der Waals surface area contributed by atoms with E-state index in [2.05, 4.69) is 0 Å². The molecule has 22 heavy (non-hydrogen) atoms. The number of carbonyl (C=O) groups is 1. The molecule has 120 valence electrons. The van der Waals surface area contributed by atoms with E-state index >= 15 is 0 Å². The third-order valence-electron chi connectivity index (χ3n) is 2.18. The van der Waals surface area contributed by atoms with Gasteiger partial charge >= 0.3 is 6.09 Å². The molecule has 0 bridgehead atoms. The van der Waals surface area contributed by atoms with Crippen LogP contribution in [0.1, 0.15) is 26.3 Å². The first-order valence-corrected chi connectivity index (χ1v) is 7.72. The van der Waals surface area contributed by atoms with Gasteiger partial charge in [-0.1, -0.05) is 12.1 Å². The van der Waals surface area contributed by atoms with Crippen LogP contribution in [0.4, 0.5) is 10.5 Å². The van der Waals surface area contributed by atoms with Crippen molar-refractivity contribution >= 4 is 27.9 Å². The smallest absolute Gasteiger partial charge is 0.421 e. The highest BCUT2D eigenvalue weighted by atomic mass is 32.2. The van der Waals surface area contributed by atoms with Gasteiger partial charge in [-0.2, -0.15) is 0 Å². The number of ether oxygens (including phenoxy) is 1. The lowest BCUT2D eigenvalue weighted by Crippen LogP contribution is -2.35. The Labute approximate surface area is 128 Å². The van der Waals surface area contributed by atoms with Crippen LogP contribution in [0, 0.1) is 10.1 Å². The number of hydrogen-bond donors (Lipinski definition) is 1. The van der Waals surface area contributed by atoms with E-state index in [9.17, 15) is 23.3 Å². The van der Waals surface area contributed by atoms with Gasteiger partial charge < -0.3 is 4.74 Å². The van der Waals surface area contributed by atoms with Crippen molar-refractivity contribution < 1.29 is 22.9 Å².